The summed E-state index contributed by atoms with van der Waals surface area (Å²) in [5.41, 5.74) is 2.40. The van der Waals surface area contributed by atoms with Gasteiger partial charge < -0.3 is 9.64 Å². The van der Waals surface area contributed by atoms with Crippen LogP contribution in [0.3, 0.4) is 0 Å². The third-order valence-electron chi connectivity index (χ3n) is 4.96. The molecule has 1 atom stereocenters. The number of aromatic nitrogens is 1. The van der Waals surface area contributed by atoms with Crippen molar-refractivity contribution in [1.29, 1.82) is 0 Å². The van der Waals surface area contributed by atoms with E-state index >= 15 is 0 Å². The van der Waals surface area contributed by atoms with Gasteiger partial charge in [-0.3, -0.25) is 9.78 Å². The van der Waals surface area contributed by atoms with Gasteiger partial charge in [0.25, 0.3) is 0 Å². The Hall–Kier alpha value is -1.42. The van der Waals surface area contributed by atoms with E-state index in [9.17, 15) is 4.79 Å². The molecule has 4 nitrogen and oxygen atoms in total. The Morgan fingerprint density at radius 2 is 2.18 bits per heavy atom. The molecule has 120 valence electrons. The smallest absolute Gasteiger partial charge is 0.226 e. The van der Waals surface area contributed by atoms with Crippen LogP contribution in [0.4, 0.5) is 0 Å². The van der Waals surface area contributed by atoms with Crippen LogP contribution < -0.4 is 0 Å². The minimum Gasteiger partial charge on any atom is -0.381 e. The number of hydrogen-bond acceptors (Lipinski definition) is 3. The van der Waals surface area contributed by atoms with Crippen LogP contribution >= 0.6 is 0 Å². The van der Waals surface area contributed by atoms with Crippen molar-refractivity contribution in [2.24, 2.45) is 5.92 Å². The number of amides is 1. The molecule has 0 radical (unpaired) electrons. The lowest BCUT2D eigenvalue weighted by atomic mass is 9.97. The minimum absolute atomic E-state index is 0.192. The molecule has 0 saturated carbocycles. The largest absolute Gasteiger partial charge is 0.381 e. The highest BCUT2D eigenvalue weighted by Crippen LogP contribution is 2.27. The van der Waals surface area contributed by atoms with Crippen LogP contribution in [0.15, 0.2) is 18.3 Å². The average Bonchev–Trinajstić information content (AvgIpc) is 3.01. The van der Waals surface area contributed by atoms with Crippen molar-refractivity contribution in [3.05, 3.63) is 29.6 Å². The summed E-state index contributed by atoms with van der Waals surface area (Å²) in [6, 6.07) is 4.66. The molecule has 0 unspecified atom stereocenters. The van der Waals surface area contributed by atoms with E-state index < -0.39 is 0 Å². The van der Waals surface area contributed by atoms with E-state index in [2.05, 4.69) is 22.0 Å². The van der Waals surface area contributed by atoms with Gasteiger partial charge in [-0.1, -0.05) is 0 Å². The van der Waals surface area contributed by atoms with Crippen molar-refractivity contribution in [3.8, 4) is 0 Å². The Balaban J connectivity index is 1.57. The summed E-state index contributed by atoms with van der Waals surface area (Å²) < 4.78 is 5.38. The predicted octanol–water partition coefficient (Wildman–Crippen LogP) is 2.74. The first kappa shape index (κ1) is 15.5. The lowest BCUT2D eigenvalue weighted by Gasteiger charge is -2.30. The summed E-state index contributed by atoms with van der Waals surface area (Å²) in [5, 5.41) is 0. The second kappa shape index (κ2) is 7.23. The second-order valence-electron chi connectivity index (χ2n) is 6.56. The van der Waals surface area contributed by atoms with Crippen molar-refractivity contribution in [3.63, 3.8) is 0 Å². The SMILES string of the molecule is Cc1cc(CC[C@@H]2CCCN2C(=O)C2CCOCC2)ccn1. The molecule has 1 aromatic heterocycles. The van der Waals surface area contributed by atoms with Crippen LogP contribution in [-0.2, 0) is 16.0 Å². The highest BCUT2D eigenvalue weighted by molar-refractivity contribution is 5.79. The molecule has 2 aliphatic heterocycles. The van der Waals surface area contributed by atoms with Crippen LogP contribution in [0, 0.1) is 12.8 Å². The van der Waals surface area contributed by atoms with Gasteiger partial charge in [-0.2, -0.15) is 0 Å². The highest BCUT2D eigenvalue weighted by atomic mass is 16.5. The zero-order chi connectivity index (χ0) is 15.4. The standard InChI is InChI=1S/C18H26N2O2/c1-14-13-15(6-9-19-14)4-5-17-3-2-10-20(17)18(21)16-7-11-22-12-8-16/h6,9,13,16-17H,2-5,7-8,10-12H2,1H3/t17-/m0/s1. The first-order valence-corrected chi connectivity index (χ1v) is 8.54. The Bertz CT molecular complexity index is 512. The molecule has 1 aromatic rings. The zero-order valence-corrected chi connectivity index (χ0v) is 13.5. The molecule has 0 N–H and O–H groups in total. The predicted molar refractivity (Wildman–Crippen MR) is 85.6 cm³/mol. The Labute approximate surface area is 132 Å². The molecule has 3 heterocycles. The maximum atomic E-state index is 12.7. The fourth-order valence-corrected chi connectivity index (χ4v) is 3.70. The van der Waals surface area contributed by atoms with Crippen LogP contribution in [-0.4, -0.2) is 41.6 Å². The Morgan fingerprint density at radius 1 is 1.36 bits per heavy atom. The molecule has 0 bridgehead atoms. The molecule has 1 amide bonds. The summed E-state index contributed by atoms with van der Waals surface area (Å²) in [6.45, 7) is 4.45. The molecule has 2 saturated heterocycles. The number of ether oxygens (including phenoxy) is 1. The summed E-state index contributed by atoms with van der Waals surface area (Å²) in [6.07, 6.45) is 8.07. The molecule has 0 aliphatic carbocycles. The first-order valence-electron chi connectivity index (χ1n) is 8.54. The van der Waals surface area contributed by atoms with Gasteiger partial charge in [0.2, 0.25) is 5.91 Å². The fraction of sp³-hybridized carbons (Fsp3) is 0.667. The van der Waals surface area contributed by atoms with Gasteiger partial charge in [-0.15, -0.1) is 0 Å². The molecule has 2 fully saturated rings. The maximum Gasteiger partial charge on any atom is 0.226 e. The van der Waals surface area contributed by atoms with E-state index in [0.29, 0.717) is 11.9 Å². The summed E-state index contributed by atoms with van der Waals surface area (Å²) in [4.78, 5) is 19.1. The second-order valence-corrected chi connectivity index (χ2v) is 6.56. The third kappa shape index (κ3) is 3.67. The lowest BCUT2D eigenvalue weighted by molar-refractivity contribution is -0.139. The highest BCUT2D eigenvalue weighted by Gasteiger charge is 2.33. The molecule has 4 heteroatoms. The van der Waals surface area contributed by atoms with Crippen molar-refractivity contribution < 1.29 is 9.53 Å². The molecular formula is C18H26N2O2. The fourth-order valence-electron chi connectivity index (χ4n) is 3.70. The lowest BCUT2D eigenvalue weighted by Crippen LogP contribution is -2.41. The number of likely N-dealkylation sites (tertiary alicyclic amines) is 1. The summed E-state index contributed by atoms with van der Waals surface area (Å²) >= 11 is 0. The first-order chi connectivity index (χ1) is 10.7. The van der Waals surface area contributed by atoms with Gasteiger partial charge in [-0.25, -0.2) is 0 Å². The van der Waals surface area contributed by atoms with Gasteiger partial charge in [-0.05, 0) is 63.1 Å². The van der Waals surface area contributed by atoms with Crippen molar-refractivity contribution in [1.82, 2.24) is 9.88 Å². The topological polar surface area (TPSA) is 42.4 Å². The van der Waals surface area contributed by atoms with E-state index in [1.807, 2.05) is 13.1 Å². The van der Waals surface area contributed by atoms with E-state index in [1.54, 1.807) is 0 Å². The molecule has 22 heavy (non-hydrogen) atoms. The van der Waals surface area contributed by atoms with Gasteiger partial charge in [0, 0.05) is 43.6 Å². The van der Waals surface area contributed by atoms with E-state index in [0.717, 1.165) is 64.0 Å². The van der Waals surface area contributed by atoms with E-state index in [1.165, 1.54) is 5.56 Å². The number of carbonyl (C=O) groups excluding carboxylic acids is 1. The number of aryl methyl sites for hydroxylation is 2. The molecule has 0 aromatic carbocycles. The van der Waals surface area contributed by atoms with Gasteiger partial charge in [0.05, 0.1) is 0 Å². The normalized spacial score (nSPS) is 23.0. The van der Waals surface area contributed by atoms with Gasteiger partial charge in [0.1, 0.15) is 0 Å². The molecular weight excluding hydrogens is 276 g/mol. The number of nitrogens with zero attached hydrogens (tertiary/aromatic N) is 2. The quantitative estimate of drug-likeness (QED) is 0.859. The van der Waals surface area contributed by atoms with Crippen LogP contribution in [0.5, 0.6) is 0 Å². The van der Waals surface area contributed by atoms with Crippen LogP contribution in [0.1, 0.15) is 43.4 Å². The third-order valence-corrected chi connectivity index (χ3v) is 4.96. The minimum atomic E-state index is 0.192. The zero-order valence-electron chi connectivity index (χ0n) is 13.5. The van der Waals surface area contributed by atoms with Crippen molar-refractivity contribution >= 4 is 5.91 Å². The molecule has 0 spiro atoms. The van der Waals surface area contributed by atoms with Gasteiger partial charge >= 0.3 is 0 Å². The summed E-state index contributed by atoms with van der Waals surface area (Å²) in [7, 11) is 0. The van der Waals surface area contributed by atoms with Gasteiger partial charge in [0.15, 0.2) is 0 Å². The molecule has 3 rings (SSSR count). The Morgan fingerprint density at radius 3 is 2.95 bits per heavy atom. The number of pyridine rings is 1. The average molecular weight is 302 g/mol. The number of rotatable bonds is 4. The summed E-state index contributed by atoms with van der Waals surface area (Å²) in [5.74, 6) is 0.564. The van der Waals surface area contributed by atoms with E-state index in [4.69, 9.17) is 4.74 Å². The van der Waals surface area contributed by atoms with Crippen LogP contribution in [0.25, 0.3) is 0 Å². The van der Waals surface area contributed by atoms with E-state index in [-0.39, 0.29) is 5.92 Å². The van der Waals surface area contributed by atoms with Crippen molar-refractivity contribution in [2.45, 2.75) is 51.5 Å². The Kier molecular flexibility index (Phi) is 5.08. The van der Waals surface area contributed by atoms with Crippen LogP contribution in [0.2, 0.25) is 0 Å². The number of hydrogen-bond donors (Lipinski definition) is 0. The number of carbonyl (C=O) groups is 1. The maximum absolute atomic E-state index is 12.7. The monoisotopic (exact) mass is 302 g/mol. The van der Waals surface area contributed by atoms with Crippen molar-refractivity contribution in [2.75, 3.05) is 19.8 Å². The molecule has 2 aliphatic rings.